The van der Waals surface area contributed by atoms with Crippen LogP contribution >= 0.6 is 35.4 Å². The normalized spacial score (nSPS) is 11.0. The van der Waals surface area contributed by atoms with E-state index in [1.165, 1.54) is 16.5 Å². The molecule has 30 heavy (non-hydrogen) atoms. The number of ether oxygens (including phenoxy) is 1. The molecule has 0 spiro atoms. The van der Waals surface area contributed by atoms with Crippen LogP contribution in [0.4, 0.5) is 0 Å². The number of fused-ring (bicyclic) bond motifs is 1. The molecule has 0 saturated carbocycles. The second kappa shape index (κ2) is 9.22. The number of aromatic nitrogens is 1. The van der Waals surface area contributed by atoms with E-state index in [0.29, 0.717) is 28.2 Å². The molecule has 152 valence electrons. The van der Waals surface area contributed by atoms with Gasteiger partial charge in [-0.1, -0.05) is 77.8 Å². The Hall–Kier alpha value is -2.33. The minimum Gasteiger partial charge on any atom is -0.482 e. The van der Waals surface area contributed by atoms with Gasteiger partial charge in [0.1, 0.15) is 5.69 Å². The summed E-state index contributed by atoms with van der Waals surface area (Å²) in [6, 6.07) is 24.5. The summed E-state index contributed by atoms with van der Waals surface area (Å²) in [4.78, 5) is 0. The fourth-order valence-electron chi connectivity index (χ4n) is 3.77. The standard InChI is InChI=1S/C25H21Cl2NOS/c1-2-29-25(30)24-20(14-17-8-4-3-5-9-17)19-10-6-7-11-23(19)28(24)16-18-12-13-21(26)22(27)15-18/h3-13,15H,2,14,16H2,1H3. The molecule has 0 amide bonds. The quantitative estimate of drug-likeness (QED) is 0.284. The van der Waals surface area contributed by atoms with Crippen LogP contribution in [-0.4, -0.2) is 16.2 Å². The number of halogens is 2. The van der Waals surface area contributed by atoms with Crippen LogP contribution in [0.25, 0.3) is 10.9 Å². The van der Waals surface area contributed by atoms with Gasteiger partial charge < -0.3 is 9.30 Å². The summed E-state index contributed by atoms with van der Waals surface area (Å²) in [6.07, 6.45) is 0.776. The molecule has 3 aromatic carbocycles. The smallest absolute Gasteiger partial charge is 0.208 e. The maximum atomic E-state index is 6.27. The highest BCUT2D eigenvalue weighted by molar-refractivity contribution is 7.80. The van der Waals surface area contributed by atoms with E-state index < -0.39 is 0 Å². The Morgan fingerprint density at radius 1 is 0.900 bits per heavy atom. The minimum atomic E-state index is 0.514. The number of hydrogen-bond donors (Lipinski definition) is 0. The van der Waals surface area contributed by atoms with Crippen LogP contribution in [0.5, 0.6) is 0 Å². The number of nitrogens with zero attached hydrogens (tertiary/aromatic N) is 1. The lowest BCUT2D eigenvalue weighted by Crippen LogP contribution is -2.14. The van der Waals surface area contributed by atoms with Gasteiger partial charge in [-0.2, -0.15) is 0 Å². The zero-order valence-corrected chi connectivity index (χ0v) is 18.9. The van der Waals surface area contributed by atoms with E-state index >= 15 is 0 Å². The molecule has 4 aromatic rings. The van der Waals surface area contributed by atoms with Crippen molar-refractivity contribution in [2.75, 3.05) is 6.61 Å². The zero-order chi connectivity index (χ0) is 21.1. The van der Waals surface area contributed by atoms with Gasteiger partial charge in [0.05, 0.1) is 16.7 Å². The van der Waals surface area contributed by atoms with Crippen molar-refractivity contribution in [3.05, 3.63) is 105 Å². The predicted octanol–water partition coefficient (Wildman–Crippen LogP) is 7.30. The van der Waals surface area contributed by atoms with Crippen LogP contribution in [0.3, 0.4) is 0 Å². The van der Waals surface area contributed by atoms with Crippen LogP contribution < -0.4 is 0 Å². The molecule has 1 aromatic heterocycles. The van der Waals surface area contributed by atoms with Crippen molar-refractivity contribution >= 4 is 51.4 Å². The Bertz CT molecular complexity index is 1200. The molecular weight excluding hydrogens is 433 g/mol. The van der Waals surface area contributed by atoms with E-state index in [2.05, 4.69) is 47.0 Å². The molecular formula is C25H21Cl2NOS. The number of rotatable bonds is 6. The molecule has 1 heterocycles. The third kappa shape index (κ3) is 4.24. The highest BCUT2D eigenvalue weighted by Gasteiger charge is 2.21. The second-order valence-electron chi connectivity index (χ2n) is 7.06. The highest BCUT2D eigenvalue weighted by Crippen LogP contribution is 2.31. The fraction of sp³-hybridized carbons (Fsp3) is 0.160. The van der Waals surface area contributed by atoms with Crippen LogP contribution in [0, 0.1) is 0 Å². The lowest BCUT2D eigenvalue weighted by molar-refractivity contribution is 0.335. The molecule has 0 radical (unpaired) electrons. The summed E-state index contributed by atoms with van der Waals surface area (Å²) in [5, 5.41) is 2.79. The Balaban J connectivity index is 1.90. The monoisotopic (exact) mass is 453 g/mol. The van der Waals surface area contributed by atoms with Crippen molar-refractivity contribution in [3.8, 4) is 0 Å². The first-order valence-corrected chi connectivity index (χ1v) is 11.0. The molecule has 0 aliphatic rings. The number of para-hydroxylation sites is 1. The summed E-state index contributed by atoms with van der Waals surface area (Å²) in [7, 11) is 0. The van der Waals surface area contributed by atoms with E-state index in [4.69, 9.17) is 40.2 Å². The van der Waals surface area contributed by atoms with Gasteiger partial charge in [-0.25, -0.2) is 0 Å². The van der Waals surface area contributed by atoms with E-state index in [1.54, 1.807) is 0 Å². The van der Waals surface area contributed by atoms with Crippen molar-refractivity contribution in [2.24, 2.45) is 0 Å². The molecule has 4 rings (SSSR count). The van der Waals surface area contributed by atoms with Gasteiger partial charge in [0.15, 0.2) is 0 Å². The van der Waals surface area contributed by atoms with E-state index in [1.807, 2.05) is 37.3 Å². The average molecular weight is 454 g/mol. The van der Waals surface area contributed by atoms with Crippen molar-refractivity contribution in [1.82, 2.24) is 4.57 Å². The molecule has 0 N–H and O–H groups in total. The lowest BCUT2D eigenvalue weighted by atomic mass is 10.0. The van der Waals surface area contributed by atoms with Gasteiger partial charge in [0.25, 0.3) is 0 Å². The maximum Gasteiger partial charge on any atom is 0.208 e. The van der Waals surface area contributed by atoms with Crippen LogP contribution in [0.15, 0.2) is 72.8 Å². The van der Waals surface area contributed by atoms with Crippen molar-refractivity contribution in [1.29, 1.82) is 0 Å². The Kier molecular flexibility index (Phi) is 6.43. The van der Waals surface area contributed by atoms with Gasteiger partial charge >= 0.3 is 0 Å². The fourth-order valence-corrected chi connectivity index (χ4v) is 4.44. The van der Waals surface area contributed by atoms with Gasteiger partial charge in [-0.05, 0) is 54.0 Å². The van der Waals surface area contributed by atoms with Crippen molar-refractivity contribution < 1.29 is 4.74 Å². The van der Waals surface area contributed by atoms with Gasteiger partial charge in [-0.15, -0.1) is 0 Å². The predicted molar refractivity (Wildman–Crippen MR) is 130 cm³/mol. The van der Waals surface area contributed by atoms with Gasteiger partial charge in [-0.3, -0.25) is 0 Å². The summed E-state index contributed by atoms with van der Waals surface area (Å²) >= 11 is 18.1. The van der Waals surface area contributed by atoms with Gasteiger partial charge in [0.2, 0.25) is 5.05 Å². The SMILES string of the molecule is CCOC(=S)c1c(Cc2ccccc2)c2ccccc2n1Cc1ccc(Cl)c(Cl)c1. The van der Waals surface area contributed by atoms with E-state index in [0.717, 1.165) is 23.2 Å². The number of benzene rings is 3. The molecule has 0 saturated heterocycles. The zero-order valence-electron chi connectivity index (χ0n) is 16.6. The maximum absolute atomic E-state index is 6.27. The highest BCUT2D eigenvalue weighted by atomic mass is 35.5. The molecule has 0 unspecified atom stereocenters. The summed E-state index contributed by atoms with van der Waals surface area (Å²) in [5.41, 5.74) is 5.53. The molecule has 0 atom stereocenters. The summed E-state index contributed by atoms with van der Waals surface area (Å²) in [6.45, 7) is 3.10. The summed E-state index contributed by atoms with van der Waals surface area (Å²) in [5.74, 6) is 0. The molecule has 0 aliphatic carbocycles. The number of hydrogen-bond acceptors (Lipinski definition) is 2. The molecule has 0 bridgehead atoms. The largest absolute Gasteiger partial charge is 0.482 e. The Morgan fingerprint density at radius 3 is 2.37 bits per heavy atom. The first-order valence-electron chi connectivity index (χ1n) is 9.83. The number of thiocarbonyl (C=S) groups is 1. The second-order valence-corrected chi connectivity index (χ2v) is 8.25. The Labute approximate surface area is 192 Å². The first kappa shape index (κ1) is 20.9. The third-order valence-corrected chi connectivity index (χ3v) is 6.14. The molecule has 5 heteroatoms. The van der Waals surface area contributed by atoms with Crippen molar-refractivity contribution in [3.63, 3.8) is 0 Å². The average Bonchev–Trinajstić information content (AvgIpc) is 3.05. The summed E-state index contributed by atoms with van der Waals surface area (Å²) < 4.78 is 8.05. The van der Waals surface area contributed by atoms with Crippen molar-refractivity contribution in [2.45, 2.75) is 19.9 Å². The lowest BCUT2D eigenvalue weighted by Gasteiger charge is -2.14. The first-order chi connectivity index (χ1) is 14.6. The Morgan fingerprint density at radius 2 is 1.63 bits per heavy atom. The van der Waals surface area contributed by atoms with E-state index in [-0.39, 0.29) is 0 Å². The third-order valence-electron chi connectivity index (χ3n) is 5.09. The minimum absolute atomic E-state index is 0.514. The topological polar surface area (TPSA) is 14.2 Å². The molecule has 0 fully saturated rings. The molecule has 0 aliphatic heterocycles. The van der Waals surface area contributed by atoms with Crippen LogP contribution in [-0.2, 0) is 17.7 Å². The molecule has 2 nitrogen and oxygen atoms in total. The van der Waals surface area contributed by atoms with E-state index in [9.17, 15) is 0 Å². The van der Waals surface area contributed by atoms with Gasteiger partial charge in [0, 0.05) is 23.9 Å². The van der Waals surface area contributed by atoms with Crippen LogP contribution in [0.2, 0.25) is 10.0 Å². The van der Waals surface area contributed by atoms with Crippen LogP contribution in [0.1, 0.15) is 29.3 Å².